The Balaban J connectivity index is 2.64. The van der Waals surface area contributed by atoms with Gasteiger partial charge in [-0.15, -0.1) is 11.8 Å². The van der Waals surface area contributed by atoms with Crippen LogP contribution in [-0.2, 0) is 14.3 Å². The Kier molecular flexibility index (Phi) is 3.62. The summed E-state index contributed by atoms with van der Waals surface area (Å²) in [6, 6.07) is 0. The van der Waals surface area contributed by atoms with E-state index in [4.69, 9.17) is 4.74 Å². The molecule has 0 aromatic carbocycles. The third-order valence-corrected chi connectivity index (χ3v) is 2.91. The summed E-state index contributed by atoms with van der Waals surface area (Å²) in [5, 5.41) is 1.62. The average Bonchev–Trinajstić information content (AvgIpc) is 2.41. The topological polar surface area (TPSA) is 55.8 Å². The van der Waals surface area contributed by atoms with E-state index in [-0.39, 0.29) is 12.5 Å². The normalized spacial score (nSPS) is 18.3. The van der Waals surface area contributed by atoms with Gasteiger partial charge in [-0.05, 0) is 20.8 Å². The quantitative estimate of drug-likeness (QED) is 0.548. The van der Waals surface area contributed by atoms with E-state index in [0.717, 1.165) is 0 Å². The average molecular weight is 231 g/mol. The van der Waals surface area contributed by atoms with Crippen molar-refractivity contribution in [1.82, 2.24) is 4.90 Å². The minimum absolute atomic E-state index is 0.207. The van der Waals surface area contributed by atoms with Gasteiger partial charge in [0.05, 0.1) is 11.5 Å². The van der Waals surface area contributed by atoms with Gasteiger partial charge in [-0.3, -0.25) is 9.69 Å². The highest BCUT2D eigenvalue weighted by atomic mass is 32.2. The lowest BCUT2D eigenvalue weighted by atomic mass is 10.3. The Bertz CT molecular complexity index is 300. The SMILES string of the molecule is CCOC(=O)OC1=CSC(C)(C)N1C=O. The molecule has 0 aromatic heterocycles. The van der Waals surface area contributed by atoms with Gasteiger partial charge >= 0.3 is 6.16 Å². The molecule has 0 aromatic rings. The molecule has 0 saturated heterocycles. The molecule has 0 unspecified atom stereocenters. The van der Waals surface area contributed by atoms with Crippen molar-refractivity contribution in [2.75, 3.05) is 6.61 Å². The lowest BCUT2D eigenvalue weighted by molar-refractivity contribution is -0.120. The highest BCUT2D eigenvalue weighted by Crippen LogP contribution is 2.39. The number of hydrogen-bond donors (Lipinski definition) is 0. The predicted molar refractivity (Wildman–Crippen MR) is 55.8 cm³/mol. The summed E-state index contributed by atoms with van der Waals surface area (Å²) in [6.07, 6.45) is -0.167. The van der Waals surface area contributed by atoms with Gasteiger partial charge in [0.25, 0.3) is 0 Å². The van der Waals surface area contributed by atoms with Gasteiger partial charge in [0, 0.05) is 5.41 Å². The standard InChI is InChI=1S/C9H13NO4S/c1-4-13-8(12)14-7-5-15-9(2,3)10(7)6-11/h5-6H,4H2,1-3H3. The number of carbonyl (C=O) groups is 2. The first kappa shape index (κ1) is 11.9. The van der Waals surface area contributed by atoms with Crippen LogP contribution in [0.5, 0.6) is 0 Å². The summed E-state index contributed by atoms with van der Waals surface area (Å²) < 4.78 is 9.48. The molecule has 1 amide bonds. The van der Waals surface area contributed by atoms with Crippen molar-refractivity contribution in [2.24, 2.45) is 0 Å². The summed E-state index contributed by atoms with van der Waals surface area (Å²) >= 11 is 1.40. The van der Waals surface area contributed by atoms with Crippen molar-refractivity contribution in [3.8, 4) is 0 Å². The van der Waals surface area contributed by atoms with E-state index in [2.05, 4.69) is 4.74 Å². The van der Waals surface area contributed by atoms with Crippen LogP contribution in [-0.4, -0.2) is 28.9 Å². The van der Waals surface area contributed by atoms with Gasteiger partial charge in [-0.25, -0.2) is 4.79 Å². The zero-order valence-electron chi connectivity index (χ0n) is 8.85. The van der Waals surface area contributed by atoms with Crippen molar-refractivity contribution in [3.05, 3.63) is 11.3 Å². The predicted octanol–water partition coefficient (Wildman–Crippen LogP) is 1.90. The molecule has 1 rings (SSSR count). The number of amides is 1. The molecule has 0 atom stereocenters. The zero-order valence-corrected chi connectivity index (χ0v) is 9.67. The molecule has 0 spiro atoms. The van der Waals surface area contributed by atoms with Crippen LogP contribution in [0.15, 0.2) is 11.3 Å². The summed E-state index contributed by atoms with van der Waals surface area (Å²) in [6.45, 7) is 5.62. The van der Waals surface area contributed by atoms with Crippen molar-refractivity contribution >= 4 is 24.3 Å². The molecule has 0 N–H and O–H groups in total. The fourth-order valence-corrected chi connectivity index (χ4v) is 1.86. The van der Waals surface area contributed by atoms with E-state index < -0.39 is 11.0 Å². The minimum Gasteiger partial charge on any atom is -0.434 e. The maximum atomic E-state index is 11.0. The van der Waals surface area contributed by atoms with Crippen LogP contribution in [0.3, 0.4) is 0 Å². The van der Waals surface area contributed by atoms with Gasteiger partial charge in [-0.1, -0.05) is 0 Å². The summed E-state index contributed by atoms with van der Waals surface area (Å²) in [5.41, 5.74) is 0. The molecule has 0 bridgehead atoms. The second kappa shape index (κ2) is 4.57. The Labute approximate surface area is 92.4 Å². The molecule has 0 saturated carbocycles. The number of hydrogen-bond acceptors (Lipinski definition) is 5. The van der Waals surface area contributed by atoms with Gasteiger partial charge < -0.3 is 9.47 Å². The van der Waals surface area contributed by atoms with Crippen LogP contribution < -0.4 is 0 Å². The number of carbonyl (C=O) groups excluding carboxylic acids is 2. The van der Waals surface area contributed by atoms with E-state index in [1.807, 2.05) is 13.8 Å². The third kappa shape index (κ3) is 2.65. The zero-order chi connectivity index (χ0) is 11.5. The van der Waals surface area contributed by atoms with Crippen molar-refractivity contribution in [2.45, 2.75) is 25.6 Å². The monoisotopic (exact) mass is 231 g/mol. The number of thioether (sulfide) groups is 1. The van der Waals surface area contributed by atoms with E-state index in [0.29, 0.717) is 6.41 Å². The molecule has 6 heteroatoms. The molecule has 1 heterocycles. The van der Waals surface area contributed by atoms with Crippen molar-refractivity contribution in [3.63, 3.8) is 0 Å². The van der Waals surface area contributed by atoms with Gasteiger partial charge in [-0.2, -0.15) is 0 Å². The summed E-state index contributed by atoms with van der Waals surface area (Å²) in [5.74, 6) is 0.207. The fraction of sp³-hybridized carbons (Fsp3) is 0.556. The molecule has 1 aliphatic heterocycles. The smallest absolute Gasteiger partial charge is 0.434 e. The van der Waals surface area contributed by atoms with E-state index in [1.54, 1.807) is 12.3 Å². The Morgan fingerprint density at radius 1 is 1.67 bits per heavy atom. The minimum atomic E-state index is -0.797. The Morgan fingerprint density at radius 3 is 2.87 bits per heavy atom. The number of nitrogens with zero attached hydrogens (tertiary/aromatic N) is 1. The van der Waals surface area contributed by atoms with Crippen LogP contribution in [0, 0.1) is 0 Å². The maximum Gasteiger partial charge on any atom is 0.515 e. The van der Waals surface area contributed by atoms with Crippen LogP contribution in [0.25, 0.3) is 0 Å². The van der Waals surface area contributed by atoms with Crippen LogP contribution in [0.2, 0.25) is 0 Å². The Morgan fingerprint density at radius 2 is 2.33 bits per heavy atom. The second-order valence-electron chi connectivity index (χ2n) is 3.28. The molecular weight excluding hydrogens is 218 g/mol. The molecule has 84 valence electrons. The molecular formula is C9H13NO4S. The van der Waals surface area contributed by atoms with Crippen molar-refractivity contribution in [1.29, 1.82) is 0 Å². The molecule has 15 heavy (non-hydrogen) atoms. The summed E-state index contributed by atoms with van der Waals surface area (Å²) in [4.78, 5) is 22.8. The van der Waals surface area contributed by atoms with Gasteiger partial charge in [0.1, 0.15) is 0 Å². The number of rotatable bonds is 3. The first-order valence-corrected chi connectivity index (χ1v) is 5.36. The van der Waals surface area contributed by atoms with Gasteiger partial charge in [0.15, 0.2) is 0 Å². The fourth-order valence-electron chi connectivity index (χ4n) is 1.06. The highest BCUT2D eigenvalue weighted by Gasteiger charge is 2.36. The van der Waals surface area contributed by atoms with E-state index in [9.17, 15) is 9.59 Å². The first-order valence-electron chi connectivity index (χ1n) is 4.48. The largest absolute Gasteiger partial charge is 0.515 e. The molecule has 5 nitrogen and oxygen atoms in total. The second-order valence-corrected chi connectivity index (χ2v) is 4.75. The van der Waals surface area contributed by atoms with E-state index >= 15 is 0 Å². The molecule has 0 aliphatic carbocycles. The van der Waals surface area contributed by atoms with Gasteiger partial charge in [0.2, 0.25) is 12.3 Å². The Hall–Kier alpha value is -1.17. The van der Waals surface area contributed by atoms with Crippen LogP contribution in [0.4, 0.5) is 4.79 Å². The number of ether oxygens (including phenoxy) is 2. The van der Waals surface area contributed by atoms with E-state index in [1.165, 1.54) is 16.7 Å². The van der Waals surface area contributed by atoms with Crippen LogP contribution in [0.1, 0.15) is 20.8 Å². The van der Waals surface area contributed by atoms with Crippen LogP contribution >= 0.6 is 11.8 Å². The molecule has 0 fully saturated rings. The first-order chi connectivity index (χ1) is 7.01. The third-order valence-electron chi connectivity index (χ3n) is 1.82. The lowest BCUT2D eigenvalue weighted by Crippen LogP contribution is -2.36. The highest BCUT2D eigenvalue weighted by molar-refractivity contribution is 8.03. The summed E-state index contributed by atoms with van der Waals surface area (Å²) in [7, 11) is 0. The van der Waals surface area contributed by atoms with Crippen molar-refractivity contribution < 1.29 is 19.1 Å². The molecule has 1 aliphatic rings. The maximum absolute atomic E-state index is 11.0. The lowest BCUT2D eigenvalue weighted by Gasteiger charge is -2.27. The molecule has 0 radical (unpaired) electrons.